The van der Waals surface area contributed by atoms with Crippen LogP contribution in [-0.4, -0.2) is 39.6 Å². The molecule has 0 fully saturated rings. The molecule has 2 aromatic heterocycles. The molecule has 148 valence electrons. The van der Waals surface area contributed by atoms with Crippen LogP contribution in [0.3, 0.4) is 0 Å². The minimum absolute atomic E-state index is 0.0705. The molecule has 0 spiro atoms. The van der Waals surface area contributed by atoms with Crippen molar-refractivity contribution in [2.75, 3.05) is 18.8 Å². The molecule has 2 aromatic rings. The third-order valence-corrected chi connectivity index (χ3v) is 7.04. The number of nitrogens with zero attached hydrogens (tertiary/aromatic N) is 2. The lowest BCUT2D eigenvalue weighted by atomic mass is 10.0. The van der Waals surface area contributed by atoms with Gasteiger partial charge in [0.2, 0.25) is 0 Å². The van der Waals surface area contributed by atoms with E-state index in [9.17, 15) is 4.79 Å². The van der Waals surface area contributed by atoms with Crippen molar-refractivity contribution in [3.05, 3.63) is 38.4 Å². The zero-order valence-corrected chi connectivity index (χ0v) is 18.5. The van der Waals surface area contributed by atoms with E-state index in [1.54, 1.807) is 11.3 Å². The summed E-state index contributed by atoms with van der Waals surface area (Å²) < 4.78 is 5.51. The molecule has 5 nitrogen and oxygen atoms in total. The zero-order chi connectivity index (χ0) is 19.6. The molecule has 0 atom stereocenters. The topological polar surface area (TPSA) is 58.4 Å². The summed E-state index contributed by atoms with van der Waals surface area (Å²) in [5.41, 5.74) is 4.26. The molecule has 0 saturated carbocycles. The van der Waals surface area contributed by atoms with Crippen LogP contribution in [0.4, 0.5) is 0 Å². The Morgan fingerprint density at radius 1 is 1.41 bits per heavy atom. The van der Waals surface area contributed by atoms with Crippen LogP contribution in [0, 0.1) is 13.8 Å². The van der Waals surface area contributed by atoms with Crippen LogP contribution < -0.4 is 5.32 Å². The van der Waals surface area contributed by atoms with Gasteiger partial charge >= 0.3 is 0 Å². The van der Waals surface area contributed by atoms with Crippen LogP contribution in [0.25, 0.3) is 0 Å². The third kappa shape index (κ3) is 5.15. The summed E-state index contributed by atoms with van der Waals surface area (Å²) in [4.78, 5) is 16.3. The number of nitrogens with one attached hydrogen (secondary N) is 1. The van der Waals surface area contributed by atoms with Gasteiger partial charge in [0, 0.05) is 52.5 Å². The molecule has 0 aliphatic carbocycles. The number of amides is 1. The molecule has 0 aromatic carbocycles. The molecule has 3 rings (SSSR count). The van der Waals surface area contributed by atoms with Gasteiger partial charge in [-0.25, -0.2) is 0 Å². The average Bonchev–Trinajstić information content (AvgIpc) is 3.16. The van der Waals surface area contributed by atoms with E-state index in [2.05, 4.69) is 36.1 Å². The smallest absolute Gasteiger partial charge is 0.252 e. The Kier molecular flexibility index (Phi) is 6.33. The molecule has 1 N–H and O–H groups in total. The Labute approximate surface area is 169 Å². The van der Waals surface area contributed by atoms with Gasteiger partial charge in [-0.15, -0.1) is 11.3 Å². The van der Waals surface area contributed by atoms with Gasteiger partial charge in [-0.05, 0) is 25.8 Å². The molecule has 0 unspecified atom stereocenters. The van der Waals surface area contributed by atoms with Crippen molar-refractivity contribution in [3.63, 3.8) is 0 Å². The number of thioether (sulfide) groups is 1. The van der Waals surface area contributed by atoms with Crippen LogP contribution >= 0.6 is 23.1 Å². The number of thiophene rings is 1. The number of rotatable bonds is 6. The second-order valence-corrected chi connectivity index (χ2v) is 10.9. The summed E-state index contributed by atoms with van der Waals surface area (Å²) in [6, 6.07) is 0. The van der Waals surface area contributed by atoms with E-state index in [4.69, 9.17) is 4.52 Å². The molecule has 1 amide bonds. The van der Waals surface area contributed by atoms with E-state index >= 15 is 0 Å². The van der Waals surface area contributed by atoms with E-state index in [-0.39, 0.29) is 10.7 Å². The fourth-order valence-corrected chi connectivity index (χ4v) is 5.21. The monoisotopic (exact) mass is 407 g/mol. The summed E-state index contributed by atoms with van der Waals surface area (Å²) in [6.45, 7) is 14.0. The van der Waals surface area contributed by atoms with Crippen molar-refractivity contribution in [2.24, 2.45) is 0 Å². The molecule has 0 radical (unpaired) electrons. The minimum Gasteiger partial charge on any atom is -0.361 e. The van der Waals surface area contributed by atoms with Gasteiger partial charge in [0.05, 0.1) is 11.3 Å². The number of hydrogen-bond donors (Lipinski definition) is 1. The molecule has 1 aliphatic rings. The van der Waals surface area contributed by atoms with Crippen molar-refractivity contribution in [1.82, 2.24) is 15.4 Å². The Bertz CT molecular complexity index is 785. The van der Waals surface area contributed by atoms with Crippen molar-refractivity contribution in [1.29, 1.82) is 0 Å². The van der Waals surface area contributed by atoms with Gasteiger partial charge < -0.3 is 9.84 Å². The standard InChI is InChI=1S/C20H29N3O2S2/c1-13-16(14(2)25-22-13)10-23-8-6-15-17(12-26-18(15)11-23)19(24)21-7-9-27-20(3,4)5/h12H,6-11H2,1-5H3,(H,21,24). The zero-order valence-electron chi connectivity index (χ0n) is 16.8. The van der Waals surface area contributed by atoms with Gasteiger partial charge in [0.1, 0.15) is 5.76 Å². The second-order valence-electron chi connectivity index (χ2n) is 8.03. The average molecular weight is 408 g/mol. The molecule has 3 heterocycles. The Morgan fingerprint density at radius 3 is 2.85 bits per heavy atom. The maximum atomic E-state index is 12.6. The van der Waals surface area contributed by atoms with Crippen LogP contribution in [0.15, 0.2) is 9.90 Å². The number of aromatic nitrogens is 1. The number of carbonyl (C=O) groups excluding carboxylic acids is 1. The molecule has 0 saturated heterocycles. The summed E-state index contributed by atoms with van der Waals surface area (Å²) in [5, 5.41) is 9.16. The first kappa shape index (κ1) is 20.4. The quantitative estimate of drug-likeness (QED) is 0.728. The first-order valence-electron chi connectivity index (χ1n) is 9.40. The van der Waals surface area contributed by atoms with Crippen LogP contribution in [0.5, 0.6) is 0 Å². The van der Waals surface area contributed by atoms with Gasteiger partial charge in [-0.1, -0.05) is 25.9 Å². The normalized spacial score (nSPS) is 15.0. The van der Waals surface area contributed by atoms with E-state index in [1.807, 2.05) is 31.0 Å². The first-order chi connectivity index (χ1) is 12.7. The minimum atomic E-state index is 0.0705. The highest BCUT2D eigenvalue weighted by Gasteiger charge is 2.25. The Morgan fingerprint density at radius 2 is 2.19 bits per heavy atom. The second kappa shape index (κ2) is 8.37. The molecular weight excluding hydrogens is 378 g/mol. The van der Waals surface area contributed by atoms with Crippen LogP contribution in [0.1, 0.15) is 58.6 Å². The number of fused-ring (bicyclic) bond motifs is 1. The van der Waals surface area contributed by atoms with E-state index < -0.39 is 0 Å². The van der Waals surface area contributed by atoms with Crippen molar-refractivity contribution in [3.8, 4) is 0 Å². The van der Waals surface area contributed by atoms with Crippen molar-refractivity contribution >= 4 is 29.0 Å². The largest absolute Gasteiger partial charge is 0.361 e. The van der Waals surface area contributed by atoms with Crippen LogP contribution in [-0.2, 0) is 19.5 Å². The fourth-order valence-electron chi connectivity index (χ4n) is 3.28. The molecular formula is C20H29N3O2S2. The lowest BCUT2D eigenvalue weighted by Gasteiger charge is -2.27. The van der Waals surface area contributed by atoms with Crippen molar-refractivity contribution in [2.45, 2.75) is 58.9 Å². The lowest BCUT2D eigenvalue weighted by Crippen LogP contribution is -2.32. The maximum absolute atomic E-state index is 12.6. The fraction of sp³-hybridized carbons (Fsp3) is 0.600. The number of aryl methyl sites for hydroxylation is 2. The molecule has 27 heavy (non-hydrogen) atoms. The number of hydrogen-bond acceptors (Lipinski definition) is 6. The predicted molar refractivity (Wildman–Crippen MR) is 113 cm³/mol. The number of carbonyl (C=O) groups is 1. The van der Waals surface area contributed by atoms with E-state index in [0.717, 1.165) is 48.8 Å². The predicted octanol–water partition coefficient (Wildman–Crippen LogP) is 4.17. The van der Waals surface area contributed by atoms with Crippen LogP contribution in [0.2, 0.25) is 0 Å². The van der Waals surface area contributed by atoms with E-state index in [0.29, 0.717) is 6.54 Å². The Hall–Kier alpha value is -1.31. The van der Waals surface area contributed by atoms with Gasteiger partial charge in [-0.2, -0.15) is 11.8 Å². The summed E-state index contributed by atoms with van der Waals surface area (Å²) in [6.07, 6.45) is 0.918. The molecule has 0 bridgehead atoms. The first-order valence-corrected chi connectivity index (χ1v) is 11.3. The summed E-state index contributed by atoms with van der Waals surface area (Å²) >= 11 is 3.58. The van der Waals surface area contributed by atoms with Gasteiger partial charge in [-0.3, -0.25) is 9.69 Å². The summed E-state index contributed by atoms with van der Waals surface area (Å²) in [7, 11) is 0. The van der Waals surface area contributed by atoms with Gasteiger partial charge in [0.15, 0.2) is 0 Å². The van der Waals surface area contributed by atoms with E-state index in [1.165, 1.54) is 16.0 Å². The van der Waals surface area contributed by atoms with Crippen molar-refractivity contribution < 1.29 is 9.32 Å². The SMILES string of the molecule is Cc1noc(C)c1CN1CCc2c(C(=O)NCCSC(C)(C)C)csc2C1. The lowest BCUT2D eigenvalue weighted by molar-refractivity contribution is 0.0955. The summed E-state index contributed by atoms with van der Waals surface area (Å²) in [5.74, 6) is 1.91. The molecule has 1 aliphatic heterocycles. The van der Waals surface area contributed by atoms with Gasteiger partial charge in [0.25, 0.3) is 5.91 Å². The highest BCUT2D eigenvalue weighted by atomic mass is 32.2. The molecule has 7 heteroatoms. The highest BCUT2D eigenvalue weighted by Crippen LogP contribution is 2.30. The highest BCUT2D eigenvalue weighted by molar-refractivity contribution is 8.00. The Balaban J connectivity index is 1.57. The maximum Gasteiger partial charge on any atom is 0.252 e. The third-order valence-electron chi connectivity index (χ3n) is 4.76.